The Bertz CT molecular complexity index is 283. The van der Waals surface area contributed by atoms with Crippen molar-refractivity contribution < 1.29 is 14.7 Å². The molecule has 1 amide bonds. The van der Waals surface area contributed by atoms with Crippen molar-refractivity contribution in [2.45, 2.75) is 32.4 Å². The number of carboxylic acids is 1. The Morgan fingerprint density at radius 3 is 2.69 bits per heavy atom. The SMILES string of the molecule is CC(C)C[C@H](N)C(=O)N1CSCC1C(=O)O. The van der Waals surface area contributed by atoms with Gasteiger partial charge in [0.25, 0.3) is 0 Å². The van der Waals surface area contributed by atoms with Crippen LogP contribution in [0.5, 0.6) is 0 Å². The first-order valence-corrected chi connectivity index (χ1v) is 6.45. The summed E-state index contributed by atoms with van der Waals surface area (Å²) in [6, 6.07) is -1.30. The third-order valence-electron chi connectivity index (χ3n) is 2.49. The Labute approximate surface area is 99.4 Å². The van der Waals surface area contributed by atoms with Gasteiger partial charge in [0.05, 0.1) is 11.9 Å². The molecule has 0 aromatic carbocycles. The fourth-order valence-electron chi connectivity index (χ4n) is 1.69. The van der Waals surface area contributed by atoms with Crippen LogP contribution in [0.1, 0.15) is 20.3 Å². The molecule has 0 aliphatic carbocycles. The number of aliphatic carboxylic acids is 1. The van der Waals surface area contributed by atoms with Gasteiger partial charge < -0.3 is 15.7 Å². The van der Waals surface area contributed by atoms with Crippen molar-refractivity contribution in [3.63, 3.8) is 0 Å². The number of amides is 1. The van der Waals surface area contributed by atoms with E-state index in [-0.39, 0.29) is 5.91 Å². The third kappa shape index (κ3) is 3.12. The lowest BCUT2D eigenvalue weighted by atomic mass is 10.0. The first-order valence-electron chi connectivity index (χ1n) is 5.30. The second-order valence-corrected chi connectivity index (χ2v) is 5.40. The van der Waals surface area contributed by atoms with E-state index in [2.05, 4.69) is 0 Å². The highest BCUT2D eigenvalue weighted by atomic mass is 32.2. The largest absolute Gasteiger partial charge is 0.480 e. The summed E-state index contributed by atoms with van der Waals surface area (Å²) in [7, 11) is 0. The van der Waals surface area contributed by atoms with E-state index in [0.29, 0.717) is 24.0 Å². The molecule has 1 heterocycles. The molecule has 0 aromatic heterocycles. The van der Waals surface area contributed by atoms with Gasteiger partial charge in [-0.15, -0.1) is 11.8 Å². The van der Waals surface area contributed by atoms with E-state index in [1.165, 1.54) is 16.7 Å². The van der Waals surface area contributed by atoms with Crippen LogP contribution < -0.4 is 5.73 Å². The molecule has 1 aliphatic rings. The molecule has 0 bridgehead atoms. The minimum atomic E-state index is -0.949. The van der Waals surface area contributed by atoms with Gasteiger partial charge in [-0.2, -0.15) is 0 Å². The van der Waals surface area contributed by atoms with Gasteiger partial charge >= 0.3 is 5.97 Å². The number of nitrogens with two attached hydrogens (primary N) is 1. The maximum Gasteiger partial charge on any atom is 0.327 e. The molecule has 3 N–H and O–H groups in total. The Balaban J connectivity index is 2.62. The summed E-state index contributed by atoms with van der Waals surface area (Å²) in [5.41, 5.74) is 5.77. The number of carbonyl (C=O) groups excluding carboxylic acids is 1. The van der Waals surface area contributed by atoms with E-state index in [1.54, 1.807) is 0 Å². The van der Waals surface area contributed by atoms with Gasteiger partial charge in [0, 0.05) is 5.75 Å². The van der Waals surface area contributed by atoms with Crippen molar-refractivity contribution in [1.29, 1.82) is 0 Å². The predicted molar refractivity (Wildman–Crippen MR) is 63.0 cm³/mol. The van der Waals surface area contributed by atoms with Crippen molar-refractivity contribution >= 4 is 23.6 Å². The smallest absolute Gasteiger partial charge is 0.327 e. The van der Waals surface area contributed by atoms with Crippen LogP contribution in [0.4, 0.5) is 0 Å². The van der Waals surface area contributed by atoms with Crippen LogP contribution in [-0.4, -0.2) is 45.6 Å². The summed E-state index contributed by atoms with van der Waals surface area (Å²) in [5.74, 6) is 0.0236. The molecule has 1 unspecified atom stereocenters. The fourth-order valence-corrected chi connectivity index (χ4v) is 2.84. The normalized spacial score (nSPS) is 22.5. The van der Waals surface area contributed by atoms with E-state index in [1.807, 2.05) is 13.8 Å². The van der Waals surface area contributed by atoms with E-state index in [9.17, 15) is 9.59 Å². The van der Waals surface area contributed by atoms with Crippen molar-refractivity contribution in [1.82, 2.24) is 4.90 Å². The van der Waals surface area contributed by atoms with Crippen LogP contribution in [-0.2, 0) is 9.59 Å². The van der Waals surface area contributed by atoms with Crippen LogP contribution in [0.2, 0.25) is 0 Å². The molecule has 5 nitrogen and oxygen atoms in total. The summed E-state index contributed by atoms with van der Waals surface area (Å²) in [5, 5.41) is 8.95. The average molecular weight is 246 g/mol. The first kappa shape index (κ1) is 13.3. The Kier molecular flexibility index (Phi) is 4.61. The quantitative estimate of drug-likeness (QED) is 0.747. The number of carbonyl (C=O) groups is 2. The van der Waals surface area contributed by atoms with Gasteiger partial charge in [-0.25, -0.2) is 4.79 Å². The highest BCUT2D eigenvalue weighted by Crippen LogP contribution is 2.22. The lowest BCUT2D eigenvalue weighted by Crippen LogP contribution is -2.49. The fraction of sp³-hybridized carbons (Fsp3) is 0.800. The second-order valence-electron chi connectivity index (χ2n) is 4.40. The minimum Gasteiger partial charge on any atom is -0.480 e. The van der Waals surface area contributed by atoms with E-state index >= 15 is 0 Å². The van der Waals surface area contributed by atoms with E-state index in [0.717, 1.165) is 0 Å². The van der Waals surface area contributed by atoms with Crippen molar-refractivity contribution in [3.05, 3.63) is 0 Å². The molecule has 1 saturated heterocycles. The van der Waals surface area contributed by atoms with Crippen molar-refractivity contribution in [2.24, 2.45) is 11.7 Å². The summed E-state index contributed by atoms with van der Waals surface area (Å²) in [6.07, 6.45) is 0.590. The topological polar surface area (TPSA) is 83.6 Å². The van der Waals surface area contributed by atoms with Gasteiger partial charge in [-0.3, -0.25) is 4.79 Å². The third-order valence-corrected chi connectivity index (χ3v) is 3.51. The number of nitrogens with zero attached hydrogens (tertiary/aromatic N) is 1. The second kappa shape index (κ2) is 5.54. The Hall–Kier alpha value is -0.750. The molecule has 1 aliphatic heterocycles. The number of hydrogen-bond donors (Lipinski definition) is 2. The van der Waals surface area contributed by atoms with E-state index in [4.69, 9.17) is 10.8 Å². The van der Waals surface area contributed by atoms with Gasteiger partial charge in [-0.05, 0) is 12.3 Å². The molecule has 0 radical (unpaired) electrons. The van der Waals surface area contributed by atoms with Gasteiger partial charge in [-0.1, -0.05) is 13.8 Å². The molecule has 0 aromatic rings. The molecule has 2 atom stereocenters. The Morgan fingerprint density at radius 1 is 1.56 bits per heavy atom. The first-order chi connectivity index (χ1) is 7.43. The van der Waals surface area contributed by atoms with E-state index < -0.39 is 18.1 Å². The molecule has 92 valence electrons. The van der Waals surface area contributed by atoms with Crippen LogP contribution in [0.25, 0.3) is 0 Å². The Morgan fingerprint density at radius 2 is 2.19 bits per heavy atom. The van der Waals surface area contributed by atoms with Crippen LogP contribution >= 0.6 is 11.8 Å². The molecular formula is C10H18N2O3S. The molecule has 6 heteroatoms. The minimum absolute atomic E-state index is 0.244. The van der Waals surface area contributed by atoms with Crippen LogP contribution in [0.15, 0.2) is 0 Å². The van der Waals surface area contributed by atoms with Crippen LogP contribution in [0.3, 0.4) is 0 Å². The van der Waals surface area contributed by atoms with Gasteiger partial charge in [0.1, 0.15) is 6.04 Å². The van der Waals surface area contributed by atoms with Gasteiger partial charge in [0.2, 0.25) is 5.91 Å². The zero-order valence-corrected chi connectivity index (χ0v) is 10.4. The number of thioether (sulfide) groups is 1. The molecule has 0 spiro atoms. The predicted octanol–water partition coefficient (Wildman–Crippen LogP) is 0.346. The lowest BCUT2D eigenvalue weighted by molar-refractivity contribution is -0.148. The summed E-state index contributed by atoms with van der Waals surface area (Å²) in [4.78, 5) is 24.2. The molecule has 1 fully saturated rings. The zero-order valence-electron chi connectivity index (χ0n) is 9.55. The highest BCUT2D eigenvalue weighted by molar-refractivity contribution is 7.99. The standard InChI is InChI=1S/C10H18N2O3S/c1-6(2)3-7(11)9(13)12-5-16-4-8(12)10(14)15/h6-8H,3-5,11H2,1-2H3,(H,14,15)/t7-,8?/m0/s1. The van der Waals surface area contributed by atoms with Gasteiger partial charge in [0.15, 0.2) is 0 Å². The monoisotopic (exact) mass is 246 g/mol. The maximum absolute atomic E-state index is 11.9. The summed E-state index contributed by atoms with van der Waals surface area (Å²) < 4.78 is 0. The summed E-state index contributed by atoms with van der Waals surface area (Å²) in [6.45, 7) is 3.97. The number of rotatable bonds is 4. The number of hydrogen-bond acceptors (Lipinski definition) is 4. The number of carboxylic acid groups (broad SMARTS) is 1. The van der Waals surface area contributed by atoms with Crippen molar-refractivity contribution in [2.75, 3.05) is 11.6 Å². The molecular weight excluding hydrogens is 228 g/mol. The summed E-state index contributed by atoms with van der Waals surface area (Å²) >= 11 is 1.45. The highest BCUT2D eigenvalue weighted by Gasteiger charge is 2.36. The molecule has 16 heavy (non-hydrogen) atoms. The van der Waals surface area contributed by atoms with Crippen molar-refractivity contribution in [3.8, 4) is 0 Å². The lowest BCUT2D eigenvalue weighted by Gasteiger charge is -2.24. The molecule has 0 saturated carbocycles. The maximum atomic E-state index is 11.9. The molecule has 1 rings (SSSR count). The average Bonchev–Trinajstić information content (AvgIpc) is 2.63. The zero-order chi connectivity index (χ0) is 12.3. The van der Waals surface area contributed by atoms with Crippen LogP contribution in [0, 0.1) is 5.92 Å².